The molecule has 0 saturated carbocycles. The number of hydrogen-bond acceptors (Lipinski definition) is 4. The summed E-state index contributed by atoms with van der Waals surface area (Å²) in [4.78, 5) is 39.5. The van der Waals surface area contributed by atoms with E-state index in [2.05, 4.69) is 26.0 Å². The fraction of sp³-hybridized carbons (Fsp3) is 0.231. The van der Waals surface area contributed by atoms with Gasteiger partial charge in [-0.2, -0.15) is 0 Å². The van der Waals surface area contributed by atoms with E-state index in [0.29, 0.717) is 24.2 Å². The van der Waals surface area contributed by atoms with Crippen LogP contribution in [0.1, 0.15) is 47.4 Å². The molecular weight excluding hydrogens is 400 g/mol. The van der Waals surface area contributed by atoms with Gasteiger partial charge < -0.3 is 9.80 Å². The predicted molar refractivity (Wildman–Crippen MR) is 127 cm³/mol. The van der Waals surface area contributed by atoms with E-state index in [0.717, 1.165) is 67.6 Å². The number of aromatic nitrogens is 2. The summed E-state index contributed by atoms with van der Waals surface area (Å²) >= 11 is 0. The molecule has 0 spiro atoms. The SMILES string of the molecule is CCCN1C(=O)c2cnc3c4ccc5c6c(cnc(c7ccc1c2c73)c64)C(=O)N5CCC. The van der Waals surface area contributed by atoms with Crippen LogP contribution in [0.5, 0.6) is 0 Å². The summed E-state index contributed by atoms with van der Waals surface area (Å²) in [5.41, 5.74) is 4.97. The van der Waals surface area contributed by atoms with E-state index in [1.165, 1.54) is 0 Å². The number of amides is 2. The van der Waals surface area contributed by atoms with E-state index in [9.17, 15) is 9.59 Å². The molecular formula is C26H20N4O2. The third kappa shape index (κ3) is 1.87. The highest BCUT2D eigenvalue weighted by Gasteiger charge is 2.35. The lowest BCUT2D eigenvalue weighted by Gasteiger charge is -2.18. The van der Waals surface area contributed by atoms with Crippen LogP contribution in [0, 0.1) is 0 Å². The third-order valence-electron chi connectivity index (χ3n) is 6.96. The number of carbonyl (C=O) groups excluding carboxylic acids is 2. The molecule has 0 unspecified atom stereocenters. The summed E-state index contributed by atoms with van der Waals surface area (Å²) in [5, 5.41) is 5.89. The Morgan fingerprint density at radius 1 is 0.656 bits per heavy atom. The van der Waals surface area contributed by atoms with Gasteiger partial charge >= 0.3 is 0 Å². The Balaban J connectivity index is 1.67. The van der Waals surface area contributed by atoms with E-state index >= 15 is 0 Å². The second-order valence-corrected chi connectivity index (χ2v) is 8.72. The van der Waals surface area contributed by atoms with Crippen molar-refractivity contribution in [3.8, 4) is 0 Å². The van der Waals surface area contributed by atoms with Gasteiger partial charge in [0.05, 0.1) is 33.5 Å². The number of pyridine rings is 2. The molecule has 0 N–H and O–H groups in total. The van der Waals surface area contributed by atoms with Gasteiger partial charge in [0.25, 0.3) is 11.8 Å². The fourth-order valence-corrected chi connectivity index (χ4v) is 5.72. The molecule has 0 saturated heterocycles. The highest BCUT2D eigenvalue weighted by Crippen LogP contribution is 2.48. The number of fused-ring (bicyclic) bond motifs is 2. The quantitative estimate of drug-likeness (QED) is 0.294. The van der Waals surface area contributed by atoms with Gasteiger partial charge in [-0.25, -0.2) is 0 Å². The molecule has 3 aromatic carbocycles. The zero-order valence-electron chi connectivity index (χ0n) is 17.9. The van der Waals surface area contributed by atoms with Crippen molar-refractivity contribution >= 4 is 66.5 Å². The second-order valence-electron chi connectivity index (χ2n) is 8.72. The molecule has 0 aliphatic carbocycles. The van der Waals surface area contributed by atoms with Gasteiger partial charge in [-0.1, -0.05) is 13.8 Å². The Labute approximate surface area is 183 Å². The van der Waals surface area contributed by atoms with Crippen LogP contribution < -0.4 is 9.80 Å². The monoisotopic (exact) mass is 420 g/mol. The van der Waals surface area contributed by atoms with Gasteiger partial charge in [0.1, 0.15) is 0 Å². The zero-order valence-corrected chi connectivity index (χ0v) is 17.9. The molecule has 0 atom stereocenters. The summed E-state index contributed by atoms with van der Waals surface area (Å²) in [6, 6.07) is 8.20. The Bertz CT molecular complexity index is 1510. The summed E-state index contributed by atoms with van der Waals surface area (Å²) in [7, 11) is 0. The van der Waals surface area contributed by atoms with Crippen LogP contribution in [0.4, 0.5) is 11.4 Å². The number of benzene rings is 3. The van der Waals surface area contributed by atoms with Crippen molar-refractivity contribution in [1.29, 1.82) is 0 Å². The predicted octanol–water partition coefficient (Wildman–Crippen LogP) is 5.27. The average molecular weight is 420 g/mol. The van der Waals surface area contributed by atoms with Crippen molar-refractivity contribution in [3.05, 3.63) is 47.8 Å². The Hall–Kier alpha value is -3.80. The number of nitrogens with zero attached hydrogens (tertiary/aromatic N) is 4. The van der Waals surface area contributed by atoms with Gasteiger partial charge in [0, 0.05) is 57.8 Å². The first kappa shape index (κ1) is 17.8. The molecule has 2 aliphatic heterocycles. The number of hydrogen-bond donors (Lipinski definition) is 0. The molecule has 7 rings (SSSR count). The maximum absolute atomic E-state index is 13.1. The van der Waals surface area contributed by atoms with E-state index in [-0.39, 0.29) is 11.8 Å². The van der Waals surface area contributed by atoms with E-state index < -0.39 is 0 Å². The largest absolute Gasteiger partial charge is 0.308 e. The standard InChI is InChI=1S/C26H20N4O2/c1-3-9-29-17-7-5-13-21-19(17)15(25(29)31)11-27-23(21)14-6-8-18-20-16(12-28-24(13)22(14)20)26(32)30(18)10-4-2/h5-8,11-12H,3-4,9-10H2,1-2H3. The minimum absolute atomic E-state index is 0.0198. The van der Waals surface area contributed by atoms with Crippen molar-refractivity contribution in [2.24, 2.45) is 0 Å². The van der Waals surface area contributed by atoms with Crippen LogP contribution in [0.2, 0.25) is 0 Å². The fourth-order valence-electron chi connectivity index (χ4n) is 5.72. The second kappa shape index (κ2) is 5.91. The molecule has 156 valence electrons. The molecule has 0 radical (unpaired) electrons. The Morgan fingerprint density at radius 3 is 1.50 bits per heavy atom. The van der Waals surface area contributed by atoms with Crippen molar-refractivity contribution in [3.63, 3.8) is 0 Å². The zero-order chi connectivity index (χ0) is 21.7. The Kier molecular flexibility index (Phi) is 3.30. The first-order valence-electron chi connectivity index (χ1n) is 11.2. The minimum Gasteiger partial charge on any atom is -0.308 e. The lowest BCUT2D eigenvalue weighted by Crippen LogP contribution is -2.27. The molecule has 6 heteroatoms. The van der Waals surface area contributed by atoms with Crippen molar-refractivity contribution in [2.45, 2.75) is 26.7 Å². The maximum Gasteiger partial charge on any atom is 0.260 e. The smallest absolute Gasteiger partial charge is 0.260 e. The number of anilines is 2. The first-order valence-corrected chi connectivity index (χ1v) is 11.2. The van der Waals surface area contributed by atoms with Gasteiger partial charge in [-0.15, -0.1) is 0 Å². The molecule has 32 heavy (non-hydrogen) atoms. The van der Waals surface area contributed by atoms with Gasteiger partial charge in [0.15, 0.2) is 0 Å². The summed E-state index contributed by atoms with van der Waals surface area (Å²) in [5.74, 6) is 0.0396. The minimum atomic E-state index is 0.0198. The maximum atomic E-state index is 13.1. The molecule has 2 aliphatic rings. The topological polar surface area (TPSA) is 66.4 Å². The van der Waals surface area contributed by atoms with Crippen LogP contribution in [0.3, 0.4) is 0 Å². The summed E-state index contributed by atoms with van der Waals surface area (Å²) in [6.45, 7) is 5.53. The third-order valence-corrected chi connectivity index (χ3v) is 6.96. The van der Waals surface area contributed by atoms with Crippen LogP contribution in [0.25, 0.3) is 43.4 Å². The molecule has 4 heterocycles. The lowest BCUT2D eigenvalue weighted by molar-refractivity contribution is 0.0985. The number of rotatable bonds is 4. The van der Waals surface area contributed by atoms with Gasteiger partial charge in [-0.05, 0) is 37.1 Å². The first-order chi connectivity index (χ1) is 15.7. The van der Waals surface area contributed by atoms with Crippen LogP contribution in [-0.4, -0.2) is 34.9 Å². The van der Waals surface area contributed by atoms with Gasteiger partial charge in [0.2, 0.25) is 0 Å². The Morgan fingerprint density at radius 2 is 1.09 bits per heavy atom. The highest BCUT2D eigenvalue weighted by atomic mass is 16.2. The summed E-state index contributed by atoms with van der Waals surface area (Å²) in [6.07, 6.45) is 5.22. The number of carbonyl (C=O) groups is 2. The van der Waals surface area contributed by atoms with E-state index in [4.69, 9.17) is 9.97 Å². The van der Waals surface area contributed by atoms with E-state index in [1.54, 1.807) is 12.4 Å². The normalized spacial score (nSPS) is 15.1. The van der Waals surface area contributed by atoms with Crippen LogP contribution in [0.15, 0.2) is 36.7 Å². The van der Waals surface area contributed by atoms with E-state index in [1.807, 2.05) is 21.9 Å². The van der Waals surface area contributed by atoms with Crippen molar-refractivity contribution in [1.82, 2.24) is 9.97 Å². The van der Waals surface area contributed by atoms with Crippen LogP contribution in [-0.2, 0) is 0 Å². The molecule has 2 aromatic heterocycles. The van der Waals surface area contributed by atoms with Crippen molar-refractivity contribution in [2.75, 3.05) is 22.9 Å². The molecule has 0 fully saturated rings. The molecule has 2 amide bonds. The van der Waals surface area contributed by atoms with Gasteiger partial charge in [-0.3, -0.25) is 19.6 Å². The highest BCUT2D eigenvalue weighted by molar-refractivity contribution is 6.40. The molecule has 5 aromatic rings. The van der Waals surface area contributed by atoms with Crippen molar-refractivity contribution < 1.29 is 9.59 Å². The average Bonchev–Trinajstić information content (AvgIpc) is 3.25. The molecule has 6 nitrogen and oxygen atoms in total. The van der Waals surface area contributed by atoms with Crippen LogP contribution >= 0.6 is 0 Å². The molecule has 0 bridgehead atoms. The summed E-state index contributed by atoms with van der Waals surface area (Å²) < 4.78 is 0. The lowest BCUT2D eigenvalue weighted by atomic mass is 9.92.